The first kappa shape index (κ1) is 18.3. The minimum Gasteiger partial charge on any atom is -0.383 e. The molecule has 0 aliphatic carbocycles. The van der Waals surface area contributed by atoms with Crippen LogP contribution in [0.4, 0.5) is 5.82 Å². The normalized spacial score (nSPS) is 16.0. The molecule has 3 aromatic rings. The molecule has 0 saturated carbocycles. The summed E-state index contributed by atoms with van der Waals surface area (Å²) in [6.07, 6.45) is 0.825. The fraction of sp³-hybridized carbons (Fsp3) is 0.333. The van der Waals surface area contributed by atoms with E-state index in [4.69, 9.17) is 38.7 Å². The summed E-state index contributed by atoms with van der Waals surface area (Å²) in [5.41, 5.74) is 8.40. The molecule has 3 heterocycles. The summed E-state index contributed by atoms with van der Waals surface area (Å²) in [6, 6.07) is 5.61. The predicted octanol–water partition coefficient (Wildman–Crippen LogP) is 5.72. The third kappa shape index (κ3) is 3.53. The summed E-state index contributed by atoms with van der Waals surface area (Å²) >= 11 is 15.2. The Bertz CT molecular complexity index is 1000. The molecule has 136 valence electrons. The summed E-state index contributed by atoms with van der Waals surface area (Å²) in [5, 5.41) is 2.76. The number of hydrogen-bond donors (Lipinski definition) is 1. The van der Waals surface area contributed by atoms with Gasteiger partial charge in [0.2, 0.25) is 0 Å². The van der Waals surface area contributed by atoms with E-state index in [1.54, 1.807) is 17.4 Å². The topological polar surface area (TPSA) is 61.0 Å². The summed E-state index contributed by atoms with van der Waals surface area (Å²) in [5.74, 6) is 1.24. The third-order valence-electron chi connectivity index (χ3n) is 4.29. The highest BCUT2D eigenvalue weighted by Crippen LogP contribution is 2.41. The van der Waals surface area contributed by atoms with E-state index in [0.717, 1.165) is 22.2 Å². The zero-order valence-electron chi connectivity index (χ0n) is 14.3. The van der Waals surface area contributed by atoms with Crippen LogP contribution in [0.1, 0.15) is 29.9 Å². The van der Waals surface area contributed by atoms with Gasteiger partial charge in [-0.2, -0.15) is 0 Å². The summed E-state index contributed by atoms with van der Waals surface area (Å²) in [6.45, 7) is 4.80. The fourth-order valence-corrected chi connectivity index (χ4v) is 5.28. The molecule has 0 fully saturated rings. The van der Waals surface area contributed by atoms with E-state index in [-0.39, 0.29) is 5.60 Å². The van der Waals surface area contributed by atoms with Crippen LogP contribution in [0.25, 0.3) is 10.2 Å². The van der Waals surface area contributed by atoms with Crippen LogP contribution in [0.5, 0.6) is 0 Å². The van der Waals surface area contributed by atoms with Gasteiger partial charge in [-0.3, -0.25) is 0 Å². The summed E-state index contributed by atoms with van der Waals surface area (Å²) < 4.78 is 5.91. The Labute approximate surface area is 170 Å². The van der Waals surface area contributed by atoms with Gasteiger partial charge in [0.05, 0.1) is 27.6 Å². The number of halogens is 2. The Morgan fingerprint density at radius 3 is 2.85 bits per heavy atom. The molecule has 4 rings (SSSR count). The lowest BCUT2D eigenvalue weighted by Gasteiger charge is -2.30. The number of thioether (sulfide) groups is 1. The van der Waals surface area contributed by atoms with Gasteiger partial charge < -0.3 is 10.5 Å². The Morgan fingerprint density at radius 1 is 1.27 bits per heavy atom. The molecular formula is C18H17Cl2N3OS2. The van der Waals surface area contributed by atoms with E-state index in [9.17, 15) is 0 Å². The minimum atomic E-state index is -0.186. The number of benzene rings is 1. The van der Waals surface area contributed by atoms with Crippen molar-refractivity contribution in [3.8, 4) is 0 Å². The van der Waals surface area contributed by atoms with E-state index >= 15 is 0 Å². The highest BCUT2D eigenvalue weighted by Gasteiger charge is 2.30. The Morgan fingerprint density at radius 2 is 2.08 bits per heavy atom. The molecule has 0 spiro atoms. The van der Waals surface area contributed by atoms with E-state index in [0.29, 0.717) is 33.4 Å². The fourth-order valence-electron chi connectivity index (χ4n) is 2.99. The van der Waals surface area contributed by atoms with Gasteiger partial charge in [-0.15, -0.1) is 11.3 Å². The molecule has 0 bridgehead atoms. The van der Waals surface area contributed by atoms with Crippen molar-refractivity contribution >= 4 is 62.3 Å². The number of nitrogens with two attached hydrogens (primary N) is 1. The third-order valence-corrected chi connectivity index (χ3v) is 7.05. The highest BCUT2D eigenvalue weighted by molar-refractivity contribution is 7.98. The molecule has 0 radical (unpaired) electrons. The Hall–Kier alpha value is -1.05. The number of rotatable bonds is 3. The van der Waals surface area contributed by atoms with Gasteiger partial charge in [0.1, 0.15) is 10.6 Å². The van der Waals surface area contributed by atoms with Crippen molar-refractivity contribution in [2.45, 2.75) is 43.4 Å². The lowest BCUT2D eigenvalue weighted by atomic mass is 9.94. The van der Waals surface area contributed by atoms with Crippen LogP contribution in [-0.4, -0.2) is 15.6 Å². The molecule has 2 aromatic heterocycles. The second kappa shape index (κ2) is 6.84. The molecule has 8 heteroatoms. The molecule has 1 aliphatic rings. The van der Waals surface area contributed by atoms with Crippen molar-refractivity contribution in [3.05, 3.63) is 44.2 Å². The number of aromatic nitrogens is 2. The number of hydrogen-bond acceptors (Lipinski definition) is 6. The quantitative estimate of drug-likeness (QED) is 0.429. The van der Waals surface area contributed by atoms with Gasteiger partial charge in [0.15, 0.2) is 5.16 Å². The van der Waals surface area contributed by atoms with Crippen molar-refractivity contribution in [3.63, 3.8) is 0 Å². The van der Waals surface area contributed by atoms with Gasteiger partial charge in [-0.1, -0.05) is 41.0 Å². The van der Waals surface area contributed by atoms with E-state index in [2.05, 4.69) is 18.8 Å². The van der Waals surface area contributed by atoms with Crippen LogP contribution in [-0.2, 0) is 23.5 Å². The standard InChI is InChI=1S/C18H17Cl2N3OS2/c1-18(2)6-10-13(7-24-18)26-16-14(10)15(21)22-17(23-16)25-8-9-3-4-11(19)12(20)5-9/h3-5H,6-8H2,1-2H3,(H2,21,22,23). The largest absolute Gasteiger partial charge is 0.383 e. The first-order valence-electron chi connectivity index (χ1n) is 8.11. The maximum atomic E-state index is 6.29. The molecule has 0 saturated heterocycles. The predicted molar refractivity (Wildman–Crippen MR) is 110 cm³/mol. The molecule has 0 atom stereocenters. The van der Waals surface area contributed by atoms with Gasteiger partial charge in [0.25, 0.3) is 0 Å². The smallest absolute Gasteiger partial charge is 0.191 e. The van der Waals surface area contributed by atoms with Crippen molar-refractivity contribution < 1.29 is 4.74 Å². The molecule has 0 amide bonds. The van der Waals surface area contributed by atoms with Crippen molar-refractivity contribution in [2.24, 2.45) is 0 Å². The van der Waals surface area contributed by atoms with Gasteiger partial charge in [-0.05, 0) is 37.1 Å². The van der Waals surface area contributed by atoms with Gasteiger partial charge in [-0.25, -0.2) is 9.97 Å². The average molecular weight is 426 g/mol. The second-order valence-corrected chi connectivity index (χ2v) is 9.68. The van der Waals surface area contributed by atoms with E-state index in [1.807, 2.05) is 12.1 Å². The van der Waals surface area contributed by atoms with Crippen LogP contribution >= 0.6 is 46.3 Å². The molecule has 1 aromatic carbocycles. The maximum absolute atomic E-state index is 6.29. The molecule has 0 unspecified atom stereocenters. The van der Waals surface area contributed by atoms with Crippen LogP contribution in [0, 0.1) is 0 Å². The molecule has 4 nitrogen and oxygen atoms in total. The molecule has 1 aliphatic heterocycles. The van der Waals surface area contributed by atoms with E-state index < -0.39 is 0 Å². The average Bonchev–Trinajstić information content (AvgIpc) is 2.93. The number of nitrogen functional groups attached to an aromatic ring is 1. The van der Waals surface area contributed by atoms with Crippen LogP contribution in [0.15, 0.2) is 23.4 Å². The number of ether oxygens (including phenoxy) is 1. The maximum Gasteiger partial charge on any atom is 0.191 e. The lowest BCUT2D eigenvalue weighted by Crippen LogP contribution is -2.31. The lowest BCUT2D eigenvalue weighted by molar-refractivity contribution is -0.0379. The van der Waals surface area contributed by atoms with E-state index in [1.165, 1.54) is 22.2 Å². The minimum absolute atomic E-state index is 0.186. The van der Waals surface area contributed by atoms with Crippen molar-refractivity contribution in [1.29, 1.82) is 0 Å². The van der Waals surface area contributed by atoms with Gasteiger partial charge in [0, 0.05) is 17.1 Å². The molecular weight excluding hydrogens is 409 g/mol. The number of nitrogens with zero attached hydrogens (tertiary/aromatic N) is 2. The molecule has 26 heavy (non-hydrogen) atoms. The number of thiophene rings is 1. The van der Waals surface area contributed by atoms with Crippen molar-refractivity contribution in [1.82, 2.24) is 9.97 Å². The second-order valence-electron chi connectivity index (χ2n) is 6.84. The van der Waals surface area contributed by atoms with Crippen LogP contribution in [0.2, 0.25) is 10.0 Å². The highest BCUT2D eigenvalue weighted by atomic mass is 35.5. The first-order chi connectivity index (χ1) is 12.3. The van der Waals surface area contributed by atoms with Gasteiger partial charge >= 0.3 is 0 Å². The monoisotopic (exact) mass is 425 g/mol. The SMILES string of the molecule is CC1(C)Cc2c(sc3nc(SCc4ccc(Cl)c(Cl)c4)nc(N)c23)CO1. The first-order valence-corrected chi connectivity index (χ1v) is 10.7. The van der Waals surface area contributed by atoms with Crippen LogP contribution < -0.4 is 5.73 Å². The summed E-state index contributed by atoms with van der Waals surface area (Å²) in [4.78, 5) is 11.4. The van der Waals surface area contributed by atoms with Crippen molar-refractivity contribution in [2.75, 3.05) is 5.73 Å². The molecule has 2 N–H and O–H groups in total. The zero-order chi connectivity index (χ0) is 18.5. The Balaban J connectivity index is 1.62. The Kier molecular flexibility index (Phi) is 4.82. The number of anilines is 1. The van der Waals surface area contributed by atoms with Crippen LogP contribution in [0.3, 0.4) is 0 Å². The number of fused-ring (bicyclic) bond motifs is 3. The zero-order valence-corrected chi connectivity index (χ0v) is 17.5. The summed E-state index contributed by atoms with van der Waals surface area (Å²) in [7, 11) is 0.